The first-order chi connectivity index (χ1) is 13.3. The van der Waals surface area contributed by atoms with E-state index in [1.54, 1.807) is 29.5 Å². The maximum Gasteiger partial charge on any atom is 0.296 e. The van der Waals surface area contributed by atoms with Crippen LogP contribution in [0.2, 0.25) is 0 Å². The minimum atomic E-state index is -0.206. The monoisotopic (exact) mass is 370 g/mol. The van der Waals surface area contributed by atoms with Crippen molar-refractivity contribution in [2.24, 2.45) is 0 Å². The number of hydrogen-bond donors (Lipinski definition) is 2. The fraction of sp³-hybridized carbons (Fsp3) is 0.412. The molecular formula is C17H22N8O2. The molecule has 1 aliphatic heterocycles. The quantitative estimate of drug-likeness (QED) is 0.632. The van der Waals surface area contributed by atoms with Crippen molar-refractivity contribution in [3.05, 3.63) is 47.7 Å². The number of β-amino-alcohol motifs (C(OH)–C–C–N with tert-alkyl or cyclic N) is 1. The Morgan fingerprint density at radius 1 is 1.15 bits per heavy atom. The average Bonchev–Trinajstić information content (AvgIpc) is 3.27. The van der Waals surface area contributed by atoms with E-state index in [2.05, 4.69) is 29.9 Å². The molecule has 2 N–H and O–H groups in total. The van der Waals surface area contributed by atoms with E-state index in [9.17, 15) is 4.79 Å². The van der Waals surface area contributed by atoms with Gasteiger partial charge in [0.15, 0.2) is 5.82 Å². The zero-order chi connectivity index (χ0) is 18.6. The second-order valence-corrected chi connectivity index (χ2v) is 6.41. The van der Waals surface area contributed by atoms with E-state index >= 15 is 0 Å². The highest BCUT2D eigenvalue weighted by Crippen LogP contribution is 2.15. The number of anilines is 1. The molecular weight excluding hydrogens is 348 g/mol. The summed E-state index contributed by atoms with van der Waals surface area (Å²) < 4.78 is 3.05. The molecule has 0 spiro atoms. The van der Waals surface area contributed by atoms with Crippen LogP contribution in [0.3, 0.4) is 0 Å². The van der Waals surface area contributed by atoms with E-state index in [1.165, 1.54) is 11.0 Å². The second-order valence-electron chi connectivity index (χ2n) is 6.41. The zero-order valence-electron chi connectivity index (χ0n) is 14.9. The van der Waals surface area contributed by atoms with Crippen molar-refractivity contribution in [1.82, 2.24) is 34.2 Å². The maximum absolute atomic E-state index is 12.7. The smallest absolute Gasteiger partial charge is 0.296 e. The van der Waals surface area contributed by atoms with Crippen LogP contribution >= 0.6 is 0 Å². The highest BCUT2D eigenvalue weighted by Gasteiger charge is 2.17. The molecule has 27 heavy (non-hydrogen) atoms. The van der Waals surface area contributed by atoms with Crippen LogP contribution in [0, 0.1) is 0 Å². The van der Waals surface area contributed by atoms with Crippen LogP contribution in [0.5, 0.6) is 0 Å². The van der Waals surface area contributed by atoms with Crippen molar-refractivity contribution in [1.29, 1.82) is 0 Å². The predicted molar refractivity (Wildman–Crippen MR) is 99.5 cm³/mol. The first kappa shape index (κ1) is 17.4. The van der Waals surface area contributed by atoms with Gasteiger partial charge in [0.05, 0.1) is 12.9 Å². The highest BCUT2D eigenvalue weighted by atomic mass is 16.3. The highest BCUT2D eigenvalue weighted by molar-refractivity contribution is 5.44. The normalized spacial score (nSPS) is 15.8. The van der Waals surface area contributed by atoms with Crippen molar-refractivity contribution in [3.63, 3.8) is 0 Å². The first-order valence-electron chi connectivity index (χ1n) is 8.95. The van der Waals surface area contributed by atoms with Gasteiger partial charge in [-0.3, -0.25) is 19.4 Å². The minimum absolute atomic E-state index is 0.173. The molecule has 10 heteroatoms. The second kappa shape index (κ2) is 7.72. The molecule has 0 saturated carbocycles. The number of nitrogens with one attached hydrogen (secondary N) is 1. The van der Waals surface area contributed by atoms with Gasteiger partial charge in [0.1, 0.15) is 17.8 Å². The molecule has 4 rings (SSSR count). The molecule has 1 saturated heterocycles. The Morgan fingerprint density at radius 2 is 2.04 bits per heavy atom. The molecule has 0 aromatic carbocycles. The topological polar surface area (TPSA) is 108 Å². The molecule has 0 aliphatic carbocycles. The number of aromatic nitrogens is 6. The molecule has 3 aromatic heterocycles. The van der Waals surface area contributed by atoms with Gasteiger partial charge >= 0.3 is 0 Å². The van der Waals surface area contributed by atoms with E-state index in [0.29, 0.717) is 18.1 Å². The van der Waals surface area contributed by atoms with Gasteiger partial charge in [0.25, 0.3) is 5.56 Å². The number of rotatable bonds is 5. The lowest BCUT2D eigenvalue weighted by molar-refractivity contribution is 0.204. The SMILES string of the molecule is O=c1c(-n2ccnc2)c[nH]n1-c1cc(N2CCCN(CCO)CC2)ncn1. The first-order valence-corrected chi connectivity index (χ1v) is 8.95. The summed E-state index contributed by atoms with van der Waals surface area (Å²) in [6.07, 6.45) is 9.02. The van der Waals surface area contributed by atoms with Crippen molar-refractivity contribution >= 4 is 5.82 Å². The molecule has 0 amide bonds. The third-order valence-corrected chi connectivity index (χ3v) is 4.73. The van der Waals surface area contributed by atoms with Crippen LogP contribution in [0.15, 0.2) is 42.1 Å². The van der Waals surface area contributed by atoms with Gasteiger partial charge in [0.2, 0.25) is 0 Å². The Balaban J connectivity index is 1.58. The lowest BCUT2D eigenvalue weighted by Crippen LogP contribution is -2.32. The lowest BCUT2D eigenvalue weighted by atomic mass is 10.3. The molecule has 3 aromatic rings. The zero-order valence-corrected chi connectivity index (χ0v) is 14.9. The van der Waals surface area contributed by atoms with Crippen molar-refractivity contribution in [2.75, 3.05) is 44.2 Å². The molecule has 10 nitrogen and oxygen atoms in total. The fourth-order valence-electron chi connectivity index (χ4n) is 3.31. The Bertz CT molecular complexity index is 933. The number of nitrogens with zero attached hydrogens (tertiary/aromatic N) is 7. The molecule has 1 fully saturated rings. The van der Waals surface area contributed by atoms with E-state index in [-0.39, 0.29) is 12.2 Å². The Labute approximate surface area is 155 Å². The van der Waals surface area contributed by atoms with Gasteiger partial charge in [0, 0.05) is 50.8 Å². The van der Waals surface area contributed by atoms with Gasteiger partial charge in [-0.25, -0.2) is 15.0 Å². The average molecular weight is 370 g/mol. The summed E-state index contributed by atoms with van der Waals surface area (Å²) in [5.41, 5.74) is 0.268. The van der Waals surface area contributed by atoms with Crippen LogP contribution < -0.4 is 10.5 Å². The fourth-order valence-corrected chi connectivity index (χ4v) is 3.31. The van der Waals surface area contributed by atoms with Gasteiger partial charge < -0.3 is 10.0 Å². The summed E-state index contributed by atoms with van der Waals surface area (Å²) in [6.45, 7) is 4.38. The van der Waals surface area contributed by atoms with E-state index in [0.717, 1.165) is 38.4 Å². The van der Waals surface area contributed by atoms with Crippen LogP contribution in [0.1, 0.15) is 6.42 Å². The molecule has 0 unspecified atom stereocenters. The number of aliphatic hydroxyl groups is 1. The van der Waals surface area contributed by atoms with Gasteiger partial charge in [-0.1, -0.05) is 0 Å². The van der Waals surface area contributed by atoms with Crippen LogP contribution in [-0.4, -0.2) is 78.6 Å². The molecule has 142 valence electrons. The largest absolute Gasteiger partial charge is 0.395 e. The summed E-state index contributed by atoms with van der Waals surface area (Å²) >= 11 is 0. The summed E-state index contributed by atoms with van der Waals surface area (Å²) in [7, 11) is 0. The third-order valence-electron chi connectivity index (χ3n) is 4.73. The van der Waals surface area contributed by atoms with Crippen molar-refractivity contribution < 1.29 is 5.11 Å². The standard InChI is InChI=1S/C17H22N8O2/c26-9-8-22-3-1-4-23(7-6-22)15-10-16(20-12-19-15)25-17(27)14(11-21-25)24-5-2-18-13-24/h2,5,10-13,21,26H,1,3-4,6-9H2. The van der Waals surface area contributed by atoms with Crippen LogP contribution in [0.25, 0.3) is 11.5 Å². The summed E-state index contributed by atoms with van der Waals surface area (Å²) in [4.78, 5) is 29.8. The van der Waals surface area contributed by atoms with Gasteiger partial charge in [-0.05, 0) is 13.0 Å². The Morgan fingerprint density at radius 3 is 2.85 bits per heavy atom. The minimum Gasteiger partial charge on any atom is -0.395 e. The third kappa shape index (κ3) is 3.62. The molecule has 0 bridgehead atoms. The molecule has 0 atom stereocenters. The Hall–Kier alpha value is -2.98. The number of aromatic amines is 1. The van der Waals surface area contributed by atoms with E-state index in [4.69, 9.17) is 5.11 Å². The number of H-pyrrole nitrogens is 1. The van der Waals surface area contributed by atoms with Crippen molar-refractivity contribution in [2.45, 2.75) is 6.42 Å². The summed E-state index contributed by atoms with van der Waals surface area (Å²) in [6, 6.07) is 1.82. The van der Waals surface area contributed by atoms with Crippen molar-refractivity contribution in [3.8, 4) is 11.5 Å². The Kier molecular flexibility index (Phi) is 4.99. The predicted octanol–water partition coefficient (Wildman–Crippen LogP) is -0.354. The van der Waals surface area contributed by atoms with Gasteiger partial charge in [-0.15, -0.1) is 0 Å². The molecule has 4 heterocycles. The van der Waals surface area contributed by atoms with Crippen LogP contribution in [0.4, 0.5) is 5.82 Å². The van der Waals surface area contributed by atoms with E-state index < -0.39 is 0 Å². The summed E-state index contributed by atoms with van der Waals surface area (Å²) in [5, 5.41) is 12.1. The number of imidazole rings is 1. The van der Waals surface area contributed by atoms with E-state index in [1.807, 2.05) is 6.07 Å². The lowest BCUT2D eigenvalue weighted by Gasteiger charge is -2.22. The van der Waals surface area contributed by atoms with Crippen LogP contribution in [-0.2, 0) is 0 Å². The molecule has 0 radical (unpaired) electrons. The summed E-state index contributed by atoms with van der Waals surface area (Å²) in [5.74, 6) is 1.28. The number of hydrogen-bond acceptors (Lipinski definition) is 7. The number of aliphatic hydroxyl groups excluding tert-OH is 1. The van der Waals surface area contributed by atoms with Gasteiger partial charge in [-0.2, -0.15) is 4.68 Å². The molecule has 1 aliphatic rings. The maximum atomic E-state index is 12.7.